The Morgan fingerprint density at radius 1 is 1.38 bits per heavy atom. The number of aromatic nitrogens is 3. The van der Waals surface area contributed by atoms with Crippen LogP contribution in [0, 0.1) is 12.8 Å². The summed E-state index contributed by atoms with van der Waals surface area (Å²) in [7, 11) is 0. The molecule has 0 spiro atoms. The van der Waals surface area contributed by atoms with Gasteiger partial charge < -0.3 is 9.64 Å². The predicted octanol–water partition coefficient (Wildman–Crippen LogP) is 2.60. The molecule has 134 valence electrons. The molecule has 0 aliphatic carbocycles. The zero-order valence-electron chi connectivity index (χ0n) is 14.8. The van der Waals surface area contributed by atoms with Crippen molar-refractivity contribution in [3.05, 3.63) is 59.5 Å². The highest BCUT2D eigenvalue weighted by Gasteiger charge is 2.24. The average Bonchev–Trinajstić information content (AvgIpc) is 2.99. The molecule has 26 heavy (non-hydrogen) atoms. The van der Waals surface area contributed by atoms with Gasteiger partial charge in [-0.15, -0.1) is 0 Å². The summed E-state index contributed by atoms with van der Waals surface area (Å²) in [4.78, 5) is 19.1. The monoisotopic (exact) mass is 350 g/mol. The minimum atomic E-state index is 0.0383. The molecule has 1 unspecified atom stereocenters. The van der Waals surface area contributed by atoms with Crippen molar-refractivity contribution in [3.63, 3.8) is 0 Å². The van der Waals surface area contributed by atoms with E-state index in [9.17, 15) is 4.79 Å². The van der Waals surface area contributed by atoms with Gasteiger partial charge in [0.25, 0.3) is 5.91 Å². The van der Waals surface area contributed by atoms with E-state index in [0.29, 0.717) is 31.9 Å². The van der Waals surface area contributed by atoms with Crippen LogP contribution in [0.3, 0.4) is 0 Å². The number of nitrogens with zero attached hydrogens (tertiary/aromatic N) is 3. The molecule has 6 heteroatoms. The molecule has 1 amide bonds. The molecular weight excluding hydrogens is 328 g/mol. The van der Waals surface area contributed by atoms with Crippen molar-refractivity contribution < 1.29 is 9.53 Å². The second-order valence-corrected chi connectivity index (χ2v) is 6.82. The third kappa shape index (κ3) is 3.46. The number of hydrogen-bond acceptors (Lipinski definition) is 4. The summed E-state index contributed by atoms with van der Waals surface area (Å²) < 4.78 is 5.77. The Labute approximate surface area is 152 Å². The lowest BCUT2D eigenvalue weighted by Gasteiger charge is -2.24. The number of amides is 1. The van der Waals surface area contributed by atoms with Gasteiger partial charge in [-0.3, -0.25) is 14.9 Å². The molecule has 0 saturated carbocycles. The second-order valence-electron chi connectivity index (χ2n) is 6.82. The Hall–Kier alpha value is -2.73. The number of aromatic amines is 1. The molecule has 6 nitrogen and oxygen atoms in total. The molecule has 1 atom stereocenters. The van der Waals surface area contributed by atoms with Gasteiger partial charge in [0, 0.05) is 36.3 Å². The summed E-state index contributed by atoms with van der Waals surface area (Å²) in [5.41, 5.74) is 3.71. The number of H-pyrrole nitrogens is 1. The molecule has 1 N–H and O–H groups in total. The number of carbonyl (C=O) groups is 1. The SMILES string of the molecule is Cc1ncccc1C(=O)N1CCOCC(Cc2ccc3[nH]ncc3c2)C1. The summed E-state index contributed by atoms with van der Waals surface area (Å²) in [5, 5.41) is 8.15. The van der Waals surface area contributed by atoms with E-state index >= 15 is 0 Å². The molecular formula is C20H22N4O2. The predicted molar refractivity (Wildman–Crippen MR) is 99.0 cm³/mol. The Morgan fingerprint density at radius 3 is 3.19 bits per heavy atom. The van der Waals surface area contributed by atoms with Gasteiger partial charge in [0.1, 0.15) is 0 Å². The van der Waals surface area contributed by atoms with Crippen molar-refractivity contribution in [2.45, 2.75) is 13.3 Å². The second kappa shape index (κ2) is 7.25. The van der Waals surface area contributed by atoms with E-state index in [2.05, 4.69) is 33.4 Å². The van der Waals surface area contributed by atoms with E-state index in [1.54, 1.807) is 6.20 Å². The van der Waals surface area contributed by atoms with E-state index in [1.807, 2.05) is 30.2 Å². The summed E-state index contributed by atoms with van der Waals surface area (Å²) in [6.07, 6.45) is 4.42. The van der Waals surface area contributed by atoms with Crippen molar-refractivity contribution in [3.8, 4) is 0 Å². The Bertz CT molecular complexity index is 921. The van der Waals surface area contributed by atoms with Gasteiger partial charge in [-0.2, -0.15) is 5.10 Å². The fourth-order valence-electron chi connectivity index (χ4n) is 3.52. The maximum atomic E-state index is 12.9. The van der Waals surface area contributed by atoms with Gasteiger partial charge in [0.15, 0.2) is 0 Å². The highest BCUT2D eigenvalue weighted by molar-refractivity contribution is 5.95. The zero-order chi connectivity index (χ0) is 17.9. The molecule has 1 aliphatic rings. The minimum absolute atomic E-state index is 0.0383. The number of rotatable bonds is 3. The van der Waals surface area contributed by atoms with Crippen molar-refractivity contribution in [1.82, 2.24) is 20.1 Å². The third-order valence-corrected chi connectivity index (χ3v) is 4.89. The van der Waals surface area contributed by atoms with Gasteiger partial charge >= 0.3 is 0 Å². The fraction of sp³-hybridized carbons (Fsp3) is 0.350. The van der Waals surface area contributed by atoms with Gasteiger partial charge in [0.05, 0.1) is 30.5 Å². The number of pyridine rings is 1. The van der Waals surface area contributed by atoms with E-state index in [-0.39, 0.29) is 11.8 Å². The Morgan fingerprint density at radius 2 is 2.31 bits per heavy atom. The van der Waals surface area contributed by atoms with E-state index in [0.717, 1.165) is 23.0 Å². The molecule has 0 bridgehead atoms. The number of benzene rings is 1. The van der Waals surface area contributed by atoms with Crippen LogP contribution in [0.4, 0.5) is 0 Å². The largest absolute Gasteiger partial charge is 0.379 e. The fourth-order valence-corrected chi connectivity index (χ4v) is 3.52. The number of carbonyl (C=O) groups excluding carboxylic acids is 1. The number of ether oxygens (including phenoxy) is 1. The lowest BCUT2D eigenvalue weighted by atomic mass is 9.98. The molecule has 3 heterocycles. The Balaban J connectivity index is 1.50. The van der Waals surface area contributed by atoms with Crippen LogP contribution in [0.5, 0.6) is 0 Å². The van der Waals surface area contributed by atoms with Crippen molar-refractivity contribution in [1.29, 1.82) is 0 Å². The van der Waals surface area contributed by atoms with Gasteiger partial charge in [-0.1, -0.05) is 6.07 Å². The Kier molecular flexibility index (Phi) is 4.67. The molecule has 1 fully saturated rings. The molecule has 2 aromatic heterocycles. The van der Waals surface area contributed by atoms with E-state index < -0.39 is 0 Å². The number of aryl methyl sites for hydroxylation is 1. The van der Waals surface area contributed by atoms with Gasteiger partial charge in [-0.05, 0) is 43.2 Å². The molecule has 1 aromatic carbocycles. The number of hydrogen-bond donors (Lipinski definition) is 1. The van der Waals surface area contributed by atoms with Crippen LogP contribution in [-0.2, 0) is 11.2 Å². The quantitative estimate of drug-likeness (QED) is 0.788. The number of nitrogens with one attached hydrogen (secondary N) is 1. The molecule has 1 aliphatic heterocycles. The maximum absolute atomic E-state index is 12.9. The standard InChI is InChI=1S/C20H22N4O2/c1-14-18(3-2-6-21-14)20(25)24-7-8-26-13-16(12-24)9-15-4-5-19-17(10-15)11-22-23-19/h2-6,10-11,16H,7-9,12-13H2,1H3,(H,22,23). The first-order valence-corrected chi connectivity index (χ1v) is 8.91. The lowest BCUT2D eigenvalue weighted by Crippen LogP contribution is -2.36. The summed E-state index contributed by atoms with van der Waals surface area (Å²) >= 11 is 0. The van der Waals surface area contributed by atoms with Crippen LogP contribution in [0.15, 0.2) is 42.7 Å². The highest BCUT2D eigenvalue weighted by atomic mass is 16.5. The summed E-state index contributed by atoms with van der Waals surface area (Å²) in [6, 6.07) is 9.98. The van der Waals surface area contributed by atoms with Crippen molar-refractivity contribution >= 4 is 16.8 Å². The van der Waals surface area contributed by atoms with Gasteiger partial charge in [-0.25, -0.2) is 0 Å². The summed E-state index contributed by atoms with van der Waals surface area (Å²) in [5.74, 6) is 0.305. The van der Waals surface area contributed by atoms with Crippen LogP contribution < -0.4 is 0 Å². The molecule has 1 saturated heterocycles. The topological polar surface area (TPSA) is 71.1 Å². The van der Waals surface area contributed by atoms with E-state index in [1.165, 1.54) is 5.56 Å². The van der Waals surface area contributed by atoms with E-state index in [4.69, 9.17) is 4.74 Å². The highest BCUT2D eigenvalue weighted by Crippen LogP contribution is 2.19. The molecule has 0 radical (unpaired) electrons. The van der Waals surface area contributed by atoms with Crippen LogP contribution >= 0.6 is 0 Å². The molecule has 4 rings (SSSR count). The first-order chi connectivity index (χ1) is 12.7. The van der Waals surface area contributed by atoms with Crippen LogP contribution in [0.2, 0.25) is 0 Å². The smallest absolute Gasteiger partial charge is 0.255 e. The zero-order valence-corrected chi connectivity index (χ0v) is 14.8. The van der Waals surface area contributed by atoms with Gasteiger partial charge in [0.2, 0.25) is 0 Å². The molecule has 3 aromatic rings. The van der Waals surface area contributed by atoms with Crippen LogP contribution in [-0.4, -0.2) is 52.3 Å². The minimum Gasteiger partial charge on any atom is -0.379 e. The lowest BCUT2D eigenvalue weighted by molar-refractivity contribution is 0.0736. The van der Waals surface area contributed by atoms with Crippen LogP contribution in [0.1, 0.15) is 21.6 Å². The first kappa shape index (κ1) is 16.7. The van der Waals surface area contributed by atoms with Crippen molar-refractivity contribution in [2.75, 3.05) is 26.3 Å². The maximum Gasteiger partial charge on any atom is 0.255 e. The third-order valence-electron chi connectivity index (χ3n) is 4.89. The average molecular weight is 350 g/mol. The summed E-state index contributed by atoms with van der Waals surface area (Å²) in [6.45, 7) is 4.42. The van der Waals surface area contributed by atoms with Crippen molar-refractivity contribution in [2.24, 2.45) is 5.92 Å². The number of fused-ring (bicyclic) bond motifs is 1. The first-order valence-electron chi connectivity index (χ1n) is 8.91. The normalized spacial score (nSPS) is 18.0. The van der Waals surface area contributed by atoms with Crippen LogP contribution in [0.25, 0.3) is 10.9 Å².